The Labute approximate surface area is 76.6 Å². The Kier molecular flexibility index (Phi) is 1.97. The Bertz CT molecular complexity index is 345. The summed E-state index contributed by atoms with van der Waals surface area (Å²) >= 11 is 0. The summed E-state index contributed by atoms with van der Waals surface area (Å²) in [4.78, 5) is 21.4. The first-order valence-corrected chi connectivity index (χ1v) is 4.28. The van der Waals surface area contributed by atoms with Crippen molar-refractivity contribution in [2.45, 2.75) is 12.8 Å². The average molecular weight is 173 g/mol. The first-order valence-electron chi connectivity index (χ1n) is 4.28. The predicted octanol–water partition coefficient (Wildman–Crippen LogP) is 1.50. The summed E-state index contributed by atoms with van der Waals surface area (Å²) in [6.45, 7) is 0. The fourth-order valence-corrected chi connectivity index (χ4v) is 1.71. The van der Waals surface area contributed by atoms with Gasteiger partial charge in [-0.25, -0.2) is 0 Å². The Morgan fingerprint density at radius 2 is 2.23 bits per heavy atom. The molecule has 0 bridgehead atoms. The summed E-state index contributed by atoms with van der Waals surface area (Å²) in [7, 11) is 0. The lowest BCUT2D eigenvalue weighted by Crippen LogP contribution is -2.14. The van der Waals surface area contributed by atoms with Crippen LogP contribution in [0.25, 0.3) is 0 Å². The van der Waals surface area contributed by atoms with Gasteiger partial charge in [-0.15, -0.1) is 0 Å². The topological polar surface area (TPSA) is 34.1 Å². The molecule has 0 aromatic heterocycles. The zero-order valence-corrected chi connectivity index (χ0v) is 7.12. The minimum Gasteiger partial charge on any atom is -0.295 e. The van der Waals surface area contributed by atoms with Crippen LogP contribution in [0.15, 0.2) is 35.5 Å². The summed E-state index contributed by atoms with van der Waals surface area (Å²) in [6, 6.07) is 0. The fourth-order valence-electron chi connectivity index (χ4n) is 1.71. The van der Waals surface area contributed by atoms with Gasteiger partial charge in [-0.3, -0.25) is 9.59 Å². The van der Waals surface area contributed by atoms with Gasteiger partial charge >= 0.3 is 0 Å². The molecule has 0 heterocycles. The third kappa shape index (κ3) is 1.52. The van der Waals surface area contributed by atoms with Crippen molar-refractivity contribution >= 4 is 12.1 Å². The van der Waals surface area contributed by atoms with Crippen molar-refractivity contribution in [1.82, 2.24) is 0 Å². The van der Waals surface area contributed by atoms with Crippen LogP contribution in [0.1, 0.15) is 12.8 Å². The van der Waals surface area contributed by atoms with E-state index in [0.29, 0.717) is 18.4 Å². The van der Waals surface area contributed by atoms with Crippen LogP contribution in [0, 0.1) is 5.92 Å². The molecule has 0 fully saturated rings. The van der Waals surface area contributed by atoms with E-state index in [-0.39, 0.29) is 11.7 Å². The van der Waals surface area contributed by atoms with Gasteiger partial charge in [-0.1, -0.05) is 23.8 Å². The normalized spacial score (nSPS) is 26.2. The zero-order chi connectivity index (χ0) is 9.26. The van der Waals surface area contributed by atoms with Crippen LogP contribution in [0.4, 0.5) is 0 Å². The molecule has 65 valence electrons. The maximum atomic E-state index is 11.0. The molecule has 0 amide bonds. The van der Waals surface area contributed by atoms with Crippen molar-refractivity contribution in [1.29, 1.82) is 0 Å². The lowest BCUT2D eigenvalue weighted by Gasteiger charge is -2.22. The van der Waals surface area contributed by atoms with E-state index in [9.17, 15) is 9.59 Å². The van der Waals surface area contributed by atoms with E-state index in [1.54, 1.807) is 12.2 Å². The van der Waals surface area contributed by atoms with Crippen molar-refractivity contribution in [2.24, 2.45) is 5.92 Å². The van der Waals surface area contributed by atoms with Crippen molar-refractivity contribution in [2.75, 3.05) is 0 Å². The van der Waals surface area contributed by atoms with E-state index in [2.05, 4.69) is 0 Å². The van der Waals surface area contributed by atoms with Crippen LogP contribution in [0.3, 0.4) is 0 Å². The highest BCUT2D eigenvalue weighted by Crippen LogP contribution is 2.30. The van der Waals surface area contributed by atoms with E-state index in [4.69, 9.17) is 0 Å². The smallest absolute Gasteiger partial charge is 0.229 e. The number of allylic oxidation sites excluding steroid dienone is 6. The van der Waals surface area contributed by atoms with Crippen LogP contribution in [0.5, 0.6) is 0 Å². The summed E-state index contributed by atoms with van der Waals surface area (Å²) in [6.07, 6.45) is 10.2. The minimum atomic E-state index is 0.148. The van der Waals surface area contributed by atoms with Crippen LogP contribution in [-0.2, 0) is 9.59 Å². The summed E-state index contributed by atoms with van der Waals surface area (Å²) in [5.41, 5.74) is 1.80. The predicted molar refractivity (Wildman–Crippen MR) is 48.7 cm³/mol. The first-order chi connectivity index (χ1) is 6.29. The molecule has 0 saturated carbocycles. The molecule has 2 nitrogen and oxygen atoms in total. The van der Waals surface area contributed by atoms with Crippen molar-refractivity contribution in [3.05, 3.63) is 35.5 Å². The largest absolute Gasteiger partial charge is 0.295 e. The molecule has 0 aromatic carbocycles. The van der Waals surface area contributed by atoms with E-state index in [0.717, 1.165) is 5.57 Å². The van der Waals surface area contributed by atoms with Gasteiger partial charge in [0.05, 0.1) is 0 Å². The molecule has 13 heavy (non-hydrogen) atoms. The van der Waals surface area contributed by atoms with E-state index < -0.39 is 0 Å². The molecule has 0 spiro atoms. The van der Waals surface area contributed by atoms with Gasteiger partial charge < -0.3 is 0 Å². The van der Waals surface area contributed by atoms with Crippen LogP contribution >= 0.6 is 0 Å². The lowest BCUT2D eigenvalue weighted by molar-refractivity contribution is -0.114. The molecule has 2 rings (SSSR count). The molecular formula is C11H9O2. The second kappa shape index (κ2) is 3.13. The van der Waals surface area contributed by atoms with Gasteiger partial charge in [0, 0.05) is 17.9 Å². The molecular weight excluding hydrogens is 164 g/mol. The molecule has 0 aliphatic heterocycles. The fraction of sp³-hybridized carbons (Fsp3) is 0.273. The number of ketones is 1. The average Bonchev–Trinajstić information content (AvgIpc) is 2.17. The van der Waals surface area contributed by atoms with Crippen LogP contribution in [-0.4, -0.2) is 12.1 Å². The van der Waals surface area contributed by atoms with Crippen molar-refractivity contribution in [3.63, 3.8) is 0 Å². The first kappa shape index (κ1) is 8.17. The van der Waals surface area contributed by atoms with E-state index >= 15 is 0 Å². The second-order valence-corrected chi connectivity index (χ2v) is 3.35. The SMILES string of the molecule is O=[C]C1=CC=C2CC(=O)C=CC2C1. The minimum absolute atomic E-state index is 0.148. The lowest BCUT2D eigenvalue weighted by atomic mass is 9.81. The molecule has 0 saturated heterocycles. The number of carbonyl (C=O) groups excluding carboxylic acids is 2. The third-order valence-corrected chi connectivity index (χ3v) is 2.44. The number of carbonyl (C=O) groups is 1. The maximum absolute atomic E-state index is 11.0. The number of fused-ring (bicyclic) bond motifs is 1. The maximum Gasteiger partial charge on any atom is 0.229 e. The summed E-state index contributed by atoms with van der Waals surface area (Å²) in [5.74, 6) is 0.397. The second-order valence-electron chi connectivity index (χ2n) is 3.35. The molecule has 1 radical (unpaired) electrons. The zero-order valence-electron chi connectivity index (χ0n) is 7.12. The number of rotatable bonds is 1. The highest BCUT2D eigenvalue weighted by Gasteiger charge is 2.21. The molecule has 2 aliphatic carbocycles. The highest BCUT2D eigenvalue weighted by atomic mass is 16.1. The Balaban J connectivity index is 2.29. The Hall–Kier alpha value is -1.44. The van der Waals surface area contributed by atoms with Gasteiger partial charge in [-0.05, 0) is 12.5 Å². The van der Waals surface area contributed by atoms with E-state index in [1.807, 2.05) is 18.4 Å². The van der Waals surface area contributed by atoms with Gasteiger partial charge in [0.25, 0.3) is 0 Å². The summed E-state index contributed by atoms with van der Waals surface area (Å²) < 4.78 is 0. The molecule has 2 heteroatoms. The molecule has 0 N–H and O–H groups in total. The van der Waals surface area contributed by atoms with E-state index in [1.165, 1.54) is 0 Å². The van der Waals surface area contributed by atoms with Gasteiger partial charge in [0.1, 0.15) is 0 Å². The Morgan fingerprint density at radius 3 is 3.00 bits per heavy atom. The Morgan fingerprint density at radius 1 is 1.38 bits per heavy atom. The molecule has 1 unspecified atom stereocenters. The van der Waals surface area contributed by atoms with Crippen LogP contribution in [0.2, 0.25) is 0 Å². The standard InChI is InChI=1S/C11H9O2/c12-7-8-1-2-10-6-11(13)4-3-9(10)5-8/h1-4,9H,5-6H2. The molecule has 0 aromatic rings. The quantitative estimate of drug-likeness (QED) is 0.602. The highest BCUT2D eigenvalue weighted by molar-refractivity contribution is 5.93. The van der Waals surface area contributed by atoms with Gasteiger partial charge in [-0.2, -0.15) is 0 Å². The van der Waals surface area contributed by atoms with Crippen LogP contribution < -0.4 is 0 Å². The molecule has 1 atom stereocenters. The van der Waals surface area contributed by atoms with Crippen molar-refractivity contribution < 1.29 is 9.59 Å². The molecule has 2 aliphatic rings. The van der Waals surface area contributed by atoms with Gasteiger partial charge in [0.2, 0.25) is 6.29 Å². The van der Waals surface area contributed by atoms with Gasteiger partial charge in [0.15, 0.2) is 5.78 Å². The van der Waals surface area contributed by atoms with Crippen molar-refractivity contribution in [3.8, 4) is 0 Å². The monoisotopic (exact) mass is 173 g/mol. The summed E-state index contributed by atoms with van der Waals surface area (Å²) in [5, 5.41) is 0. The third-order valence-electron chi connectivity index (χ3n) is 2.44. The number of hydrogen-bond acceptors (Lipinski definition) is 2. The number of hydrogen-bond donors (Lipinski definition) is 0.